The van der Waals surface area contributed by atoms with E-state index in [9.17, 15) is 4.79 Å². The van der Waals surface area contributed by atoms with E-state index in [-0.39, 0.29) is 11.3 Å². The molecular weight excluding hydrogens is 276 g/mol. The molecule has 1 aliphatic carbocycles. The van der Waals surface area contributed by atoms with Crippen molar-refractivity contribution in [3.63, 3.8) is 0 Å². The van der Waals surface area contributed by atoms with Crippen LogP contribution in [0.1, 0.15) is 38.7 Å². The maximum atomic E-state index is 12.1. The van der Waals surface area contributed by atoms with Crippen molar-refractivity contribution < 1.29 is 4.79 Å². The van der Waals surface area contributed by atoms with Gasteiger partial charge in [0.05, 0.1) is 0 Å². The summed E-state index contributed by atoms with van der Waals surface area (Å²) in [5.74, 6) is 0.618. The molecule has 0 aromatic heterocycles. The Morgan fingerprint density at radius 2 is 2.06 bits per heavy atom. The Morgan fingerprint density at radius 1 is 1.35 bits per heavy atom. The van der Waals surface area contributed by atoms with Gasteiger partial charge in [-0.25, -0.2) is 0 Å². The van der Waals surface area contributed by atoms with E-state index in [0.29, 0.717) is 5.78 Å². The third-order valence-electron chi connectivity index (χ3n) is 3.96. The van der Waals surface area contributed by atoms with E-state index in [0.717, 1.165) is 30.2 Å². The lowest BCUT2D eigenvalue weighted by atomic mass is 9.66. The number of ketones is 1. The fraction of sp³-hybridized carbons (Fsp3) is 0.533. The van der Waals surface area contributed by atoms with E-state index in [1.165, 1.54) is 5.56 Å². The molecule has 1 saturated carbocycles. The Hall–Kier alpha value is -0.630. The molecule has 0 radical (unpaired) electrons. The monoisotopic (exact) mass is 294 g/mol. The van der Waals surface area contributed by atoms with Crippen molar-refractivity contribution in [3.05, 3.63) is 34.3 Å². The van der Waals surface area contributed by atoms with E-state index in [1.54, 1.807) is 0 Å². The molecule has 0 amide bonds. The van der Waals surface area contributed by atoms with Gasteiger partial charge < -0.3 is 0 Å². The number of benzene rings is 1. The van der Waals surface area contributed by atoms with Crippen LogP contribution in [0.25, 0.3) is 0 Å². The molecule has 1 unspecified atom stereocenters. The molecular formula is C15H19BrO. The van der Waals surface area contributed by atoms with E-state index < -0.39 is 0 Å². The highest BCUT2D eigenvalue weighted by Gasteiger charge is 2.37. The minimum atomic E-state index is 0.143. The Balaban J connectivity index is 2.22. The second-order valence-electron chi connectivity index (χ2n) is 5.66. The number of carbonyl (C=O) groups excluding carboxylic acids is 1. The van der Waals surface area contributed by atoms with Crippen molar-refractivity contribution in [1.82, 2.24) is 0 Å². The fourth-order valence-electron chi connectivity index (χ4n) is 2.78. The molecule has 1 aromatic rings. The predicted octanol–water partition coefficient (Wildman–Crippen LogP) is 4.39. The van der Waals surface area contributed by atoms with Crippen LogP contribution in [0.2, 0.25) is 0 Å². The summed E-state index contributed by atoms with van der Waals surface area (Å²) in [5.41, 5.74) is 1.39. The molecule has 0 N–H and O–H groups in total. The molecule has 0 bridgehead atoms. The van der Waals surface area contributed by atoms with Gasteiger partial charge in [-0.2, -0.15) is 0 Å². The molecule has 1 aliphatic rings. The van der Waals surface area contributed by atoms with Crippen molar-refractivity contribution in [3.8, 4) is 0 Å². The Labute approximate surface area is 112 Å². The minimum Gasteiger partial charge on any atom is -0.299 e. The highest BCUT2D eigenvalue weighted by molar-refractivity contribution is 9.10. The standard InChI is InChI=1S/C15H19BrO/c1-15(2)9-5-8-14(17)12(15)10-11-6-3-4-7-13(11)16/h3-4,6-7,12H,5,8-10H2,1-2H3. The first kappa shape index (κ1) is 12.8. The van der Waals surface area contributed by atoms with Gasteiger partial charge in [0.25, 0.3) is 0 Å². The van der Waals surface area contributed by atoms with Crippen molar-refractivity contribution in [1.29, 1.82) is 0 Å². The third-order valence-corrected chi connectivity index (χ3v) is 4.73. The lowest BCUT2D eigenvalue weighted by Crippen LogP contribution is -2.36. The summed E-state index contributed by atoms with van der Waals surface area (Å²) >= 11 is 3.57. The molecule has 0 aliphatic heterocycles. The smallest absolute Gasteiger partial charge is 0.136 e. The van der Waals surface area contributed by atoms with Crippen LogP contribution < -0.4 is 0 Å². The summed E-state index contributed by atoms with van der Waals surface area (Å²) in [7, 11) is 0. The normalized spacial score (nSPS) is 23.7. The van der Waals surface area contributed by atoms with Crippen LogP contribution in [0.3, 0.4) is 0 Å². The van der Waals surface area contributed by atoms with Crippen LogP contribution in [0, 0.1) is 11.3 Å². The molecule has 2 heteroatoms. The summed E-state index contributed by atoms with van der Waals surface area (Å²) in [6.45, 7) is 4.46. The average molecular weight is 295 g/mol. The first-order valence-corrected chi connectivity index (χ1v) is 7.06. The maximum Gasteiger partial charge on any atom is 0.136 e. The first-order chi connectivity index (χ1) is 8.00. The number of hydrogen-bond acceptors (Lipinski definition) is 1. The molecule has 1 atom stereocenters. The van der Waals surface area contributed by atoms with E-state index in [2.05, 4.69) is 41.9 Å². The summed E-state index contributed by atoms with van der Waals surface area (Å²) in [4.78, 5) is 12.1. The number of carbonyl (C=O) groups is 1. The SMILES string of the molecule is CC1(C)CCCC(=O)C1Cc1ccccc1Br. The van der Waals surface area contributed by atoms with Crippen LogP contribution >= 0.6 is 15.9 Å². The van der Waals surface area contributed by atoms with Crippen molar-refractivity contribution in [2.75, 3.05) is 0 Å². The molecule has 0 saturated heterocycles. The highest BCUT2D eigenvalue weighted by atomic mass is 79.9. The van der Waals surface area contributed by atoms with Crippen molar-refractivity contribution >= 4 is 21.7 Å². The van der Waals surface area contributed by atoms with Gasteiger partial charge in [0.15, 0.2) is 0 Å². The summed E-state index contributed by atoms with van der Waals surface area (Å²) < 4.78 is 1.12. The number of halogens is 1. The minimum absolute atomic E-state index is 0.143. The summed E-state index contributed by atoms with van der Waals surface area (Å²) in [6, 6.07) is 8.22. The van der Waals surface area contributed by atoms with Gasteiger partial charge in [0, 0.05) is 16.8 Å². The molecule has 1 nitrogen and oxygen atoms in total. The second kappa shape index (κ2) is 4.93. The van der Waals surface area contributed by atoms with E-state index >= 15 is 0 Å². The molecule has 17 heavy (non-hydrogen) atoms. The molecule has 92 valence electrons. The maximum absolute atomic E-state index is 12.1. The Bertz CT molecular complexity index is 423. The van der Waals surface area contributed by atoms with Gasteiger partial charge >= 0.3 is 0 Å². The molecule has 2 rings (SSSR count). The Kier molecular flexibility index (Phi) is 3.72. The quantitative estimate of drug-likeness (QED) is 0.791. The molecule has 0 heterocycles. The lowest BCUT2D eigenvalue weighted by Gasteiger charge is -2.37. The number of Topliss-reactive ketones (excluding diaryl/α,β-unsaturated/α-hetero) is 1. The Morgan fingerprint density at radius 3 is 2.71 bits per heavy atom. The van der Waals surface area contributed by atoms with Crippen LogP contribution in [0.5, 0.6) is 0 Å². The van der Waals surface area contributed by atoms with Crippen LogP contribution in [0.4, 0.5) is 0 Å². The molecule has 1 aromatic carbocycles. The first-order valence-electron chi connectivity index (χ1n) is 6.27. The van der Waals surface area contributed by atoms with Gasteiger partial charge in [-0.15, -0.1) is 0 Å². The van der Waals surface area contributed by atoms with Gasteiger partial charge in [0.2, 0.25) is 0 Å². The van der Waals surface area contributed by atoms with Crippen molar-refractivity contribution in [2.45, 2.75) is 39.5 Å². The zero-order chi connectivity index (χ0) is 12.5. The predicted molar refractivity (Wildman–Crippen MR) is 74.0 cm³/mol. The van der Waals surface area contributed by atoms with Gasteiger partial charge in [-0.3, -0.25) is 4.79 Å². The number of hydrogen-bond donors (Lipinski definition) is 0. The van der Waals surface area contributed by atoms with Crippen LogP contribution in [-0.2, 0) is 11.2 Å². The highest BCUT2D eigenvalue weighted by Crippen LogP contribution is 2.41. The average Bonchev–Trinajstić information content (AvgIpc) is 2.25. The van der Waals surface area contributed by atoms with Crippen molar-refractivity contribution in [2.24, 2.45) is 11.3 Å². The lowest BCUT2D eigenvalue weighted by molar-refractivity contribution is -0.129. The van der Waals surface area contributed by atoms with Gasteiger partial charge in [-0.05, 0) is 36.3 Å². The fourth-order valence-corrected chi connectivity index (χ4v) is 3.22. The van der Waals surface area contributed by atoms with E-state index in [4.69, 9.17) is 0 Å². The molecule has 0 spiro atoms. The largest absolute Gasteiger partial charge is 0.299 e. The second-order valence-corrected chi connectivity index (χ2v) is 6.51. The third kappa shape index (κ3) is 2.79. The van der Waals surface area contributed by atoms with E-state index in [1.807, 2.05) is 12.1 Å². The van der Waals surface area contributed by atoms with Crippen LogP contribution in [0.15, 0.2) is 28.7 Å². The van der Waals surface area contributed by atoms with Crippen LogP contribution in [-0.4, -0.2) is 5.78 Å². The summed E-state index contributed by atoms with van der Waals surface area (Å²) in [6.07, 6.45) is 3.85. The zero-order valence-corrected chi connectivity index (χ0v) is 12.1. The zero-order valence-electron chi connectivity index (χ0n) is 10.5. The number of rotatable bonds is 2. The summed E-state index contributed by atoms with van der Waals surface area (Å²) in [5, 5.41) is 0. The van der Waals surface area contributed by atoms with Gasteiger partial charge in [0.1, 0.15) is 5.78 Å². The van der Waals surface area contributed by atoms with Gasteiger partial charge in [-0.1, -0.05) is 48.0 Å². The topological polar surface area (TPSA) is 17.1 Å². The molecule has 1 fully saturated rings.